The number of nitrogens with one attached hydrogen (secondary N) is 1. The number of methoxy groups -OCH3 is 1. The molecule has 3 aromatic rings. The number of aldehydes is 1. The van der Waals surface area contributed by atoms with Gasteiger partial charge in [0.2, 0.25) is 0 Å². The molecule has 12 heteroatoms. The van der Waals surface area contributed by atoms with Gasteiger partial charge in [-0.1, -0.05) is 19.9 Å². The molecule has 3 aliphatic rings. The number of aryl methyl sites for hydroxylation is 3. The van der Waals surface area contributed by atoms with Gasteiger partial charge in [0, 0.05) is 110 Å². The van der Waals surface area contributed by atoms with Gasteiger partial charge in [0.25, 0.3) is 0 Å². The Morgan fingerprint density at radius 3 is 2.21 bits per heavy atom. The van der Waals surface area contributed by atoms with Crippen LogP contribution in [0.3, 0.4) is 0 Å². The number of carbonyl (C=O) groups excluding carboxylic acids is 2. The molecule has 0 radical (unpaired) electrons. The second-order valence-corrected chi connectivity index (χ2v) is 15.0. The van der Waals surface area contributed by atoms with Crippen LogP contribution in [0.5, 0.6) is 0 Å². The van der Waals surface area contributed by atoms with Gasteiger partial charge in [-0.15, -0.1) is 0 Å². The topological polar surface area (TPSA) is 108 Å². The maximum absolute atomic E-state index is 12.7. The minimum Gasteiger partial charge on any atom is -0.444 e. The van der Waals surface area contributed by atoms with Crippen molar-refractivity contribution in [1.82, 2.24) is 29.5 Å². The number of benzene rings is 1. The molecule has 1 atom stereocenters. The van der Waals surface area contributed by atoms with Crippen LogP contribution in [0.2, 0.25) is 0 Å². The normalized spacial score (nSPS) is 17.0. The van der Waals surface area contributed by atoms with E-state index in [1.54, 1.807) is 19.1 Å². The number of aromatic nitrogens is 3. The molecule has 53 heavy (non-hydrogen) atoms. The van der Waals surface area contributed by atoms with Crippen LogP contribution in [0.1, 0.15) is 81.6 Å². The van der Waals surface area contributed by atoms with E-state index < -0.39 is 5.60 Å². The van der Waals surface area contributed by atoms with E-state index in [4.69, 9.17) is 14.8 Å². The SMILES string of the molecule is CC.COC.Cc1cc(C)n(-c2cc([C@H](CC=O)CN3CCN(Cc4ccc5c(n4)NCCC5)CC3)cc(N3CCN(C(=O)OC(C)(C)C)CC3)c2)n1. The zero-order valence-electron chi connectivity index (χ0n) is 33.8. The van der Waals surface area contributed by atoms with E-state index in [0.717, 1.165) is 98.4 Å². The molecule has 2 aromatic heterocycles. The average Bonchev–Trinajstić information content (AvgIpc) is 3.49. The molecule has 292 valence electrons. The van der Waals surface area contributed by atoms with E-state index in [1.165, 1.54) is 12.0 Å². The molecule has 6 rings (SSSR count). The summed E-state index contributed by atoms with van der Waals surface area (Å²) in [6.07, 6.45) is 3.53. The number of carbonyl (C=O) groups is 2. The van der Waals surface area contributed by atoms with Crippen LogP contribution in [0.15, 0.2) is 36.4 Å². The number of hydrogen-bond acceptors (Lipinski definition) is 10. The minimum absolute atomic E-state index is 0.0566. The van der Waals surface area contributed by atoms with E-state index in [2.05, 4.69) is 68.1 Å². The lowest BCUT2D eigenvalue weighted by atomic mass is 9.93. The van der Waals surface area contributed by atoms with Crippen LogP contribution in [0, 0.1) is 13.8 Å². The molecule has 0 unspecified atom stereocenters. The number of ether oxygens (including phenoxy) is 2. The van der Waals surface area contributed by atoms with Crippen molar-refractivity contribution in [1.29, 1.82) is 0 Å². The van der Waals surface area contributed by atoms with Crippen molar-refractivity contribution >= 4 is 23.9 Å². The van der Waals surface area contributed by atoms with Gasteiger partial charge in [-0.05, 0) is 88.9 Å². The summed E-state index contributed by atoms with van der Waals surface area (Å²) in [5.74, 6) is 1.11. The second kappa shape index (κ2) is 19.9. The molecule has 0 spiro atoms. The zero-order chi connectivity index (χ0) is 38.5. The summed E-state index contributed by atoms with van der Waals surface area (Å²) in [7, 11) is 3.25. The third-order valence-corrected chi connectivity index (χ3v) is 9.61. The molecule has 1 amide bonds. The smallest absolute Gasteiger partial charge is 0.410 e. The van der Waals surface area contributed by atoms with E-state index in [-0.39, 0.29) is 12.0 Å². The monoisotopic (exact) mass is 733 g/mol. The quantitative estimate of drug-likeness (QED) is 0.260. The largest absolute Gasteiger partial charge is 0.444 e. The molecule has 5 heterocycles. The number of fused-ring (bicyclic) bond motifs is 1. The average molecular weight is 733 g/mol. The number of nitrogens with zero attached hydrogens (tertiary/aromatic N) is 7. The molecule has 2 fully saturated rings. The lowest BCUT2D eigenvalue weighted by Gasteiger charge is -2.38. The molecular formula is C41H64N8O4. The van der Waals surface area contributed by atoms with Gasteiger partial charge in [0.05, 0.1) is 17.1 Å². The van der Waals surface area contributed by atoms with E-state index in [9.17, 15) is 9.59 Å². The van der Waals surface area contributed by atoms with Gasteiger partial charge in [-0.3, -0.25) is 4.90 Å². The molecule has 0 aliphatic carbocycles. The van der Waals surface area contributed by atoms with Crippen molar-refractivity contribution in [2.75, 3.05) is 89.9 Å². The second-order valence-electron chi connectivity index (χ2n) is 15.0. The van der Waals surface area contributed by atoms with Gasteiger partial charge in [-0.25, -0.2) is 14.5 Å². The first-order valence-electron chi connectivity index (χ1n) is 19.4. The lowest BCUT2D eigenvalue weighted by Crippen LogP contribution is -2.50. The Labute approximate surface area is 317 Å². The number of rotatable bonds is 9. The molecule has 3 aliphatic heterocycles. The van der Waals surface area contributed by atoms with Crippen molar-refractivity contribution in [2.24, 2.45) is 0 Å². The first kappa shape index (κ1) is 41.8. The maximum atomic E-state index is 12.7. The number of piperazine rings is 2. The summed E-state index contributed by atoms with van der Waals surface area (Å²) in [6.45, 7) is 22.9. The van der Waals surface area contributed by atoms with Crippen LogP contribution < -0.4 is 10.2 Å². The van der Waals surface area contributed by atoms with Crippen molar-refractivity contribution in [3.05, 3.63) is 64.6 Å². The van der Waals surface area contributed by atoms with Crippen LogP contribution in [-0.4, -0.2) is 127 Å². The number of anilines is 2. The first-order valence-corrected chi connectivity index (χ1v) is 19.4. The van der Waals surface area contributed by atoms with Crippen LogP contribution in [0.4, 0.5) is 16.3 Å². The summed E-state index contributed by atoms with van der Waals surface area (Å²) >= 11 is 0. The van der Waals surface area contributed by atoms with Crippen LogP contribution >= 0.6 is 0 Å². The fourth-order valence-electron chi connectivity index (χ4n) is 7.08. The van der Waals surface area contributed by atoms with Gasteiger partial charge in [0.1, 0.15) is 17.7 Å². The number of amides is 1. The summed E-state index contributed by atoms with van der Waals surface area (Å²) in [5, 5.41) is 8.26. The zero-order valence-corrected chi connectivity index (χ0v) is 33.8. The van der Waals surface area contributed by atoms with Crippen molar-refractivity contribution in [2.45, 2.75) is 85.8 Å². The van der Waals surface area contributed by atoms with Crippen molar-refractivity contribution < 1.29 is 19.1 Å². The summed E-state index contributed by atoms with van der Waals surface area (Å²) in [4.78, 5) is 38.8. The predicted molar refractivity (Wildman–Crippen MR) is 214 cm³/mol. The molecule has 1 N–H and O–H groups in total. The first-order chi connectivity index (χ1) is 25.5. The molecule has 2 saturated heterocycles. The standard InChI is InChI=1S/C37H52N8O3.C2H6O.C2H6/c1-27-21-28(2)45(40-27)34-23-31(22-33(24-34)43-16-18-44(19-17-43)36(47)48-37(3,4)5)30(10-20-46)25-41-12-14-42(15-13-41)26-32-9-8-29-7-6-11-38-35(29)39-32;1-3-2;1-2/h8-9,20-24,30H,6-7,10-19,25-26H2,1-5H3,(H,38,39);1-2H3;1-2H3/t30-;;/m1../s1. The van der Waals surface area contributed by atoms with Crippen molar-refractivity contribution in [3.8, 4) is 5.69 Å². The highest BCUT2D eigenvalue weighted by Gasteiger charge is 2.28. The Morgan fingerprint density at radius 1 is 0.925 bits per heavy atom. The number of hydrogen-bond donors (Lipinski definition) is 1. The summed E-state index contributed by atoms with van der Waals surface area (Å²) in [5.41, 5.74) is 7.19. The summed E-state index contributed by atoms with van der Waals surface area (Å²) < 4.78 is 11.9. The highest BCUT2D eigenvalue weighted by atomic mass is 16.6. The van der Waals surface area contributed by atoms with Gasteiger partial charge in [0.15, 0.2) is 0 Å². The Hall–Kier alpha value is -4.00. The van der Waals surface area contributed by atoms with Gasteiger partial charge in [-0.2, -0.15) is 5.10 Å². The molecular weight excluding hydrogens is 669 g/mol. The summed E-state index contributed by atoms with van der Waals surface area (Å²) in [6, 6.07) is 13.2. The van der Waals surface area contributed by atoms with Gasteiger partial charge >= 0.3 is 6.09 Å². The fourth-order valence-corrected chi connectivity index (χ4v) is 7.08. The van der Waals surface area contributed by atoms with Gasteiger partial charge < -0.3 is 34.3 Å². The molecule has 12 nitrogen and oxygen atoms in total. The highest BCUT2D eigenvalue weighted by molar-refractivity contribution is 5.69. The number of pyridine rings is 1. The highest BCUT2D eigenvalue weighted by Crippen LogP contribution is 2.31. The van der Waals surface area contributed by atoms with E-state index in [0.29, 0.717) is 32.6 Å². The molecule has 0 bridgehead atoms. The third kappa shape index (κ3) is 12.0. The van der Waals surface area contributed by atoms with Crippen LogP contribution in [0.25, 0.3) is 5.69 Å². The van der Waals surface area contributed by atoms with Crippen LogP contribution in [-0.2, 0) is 27.2 Å². The lowest BCUT2D eigenvalue weighted by molar-refractivity contribution is -0.108. The molecule has 1 aromatic carbocycles. The predicted octanol–water partition coefficient (Wildman–Crippen LogP) is 6.08. The van der Waals surface area contributed by atoms with E-state index >= 15 is 0 Å². The Balaban J connectivity index is 0.00000119. The van der Waals surface area contributed by atoms with Crippen molar-refractivity contribution in [3.63, 3.8) is 0 Å². The minimum atomic E-state index is -0.520. The Bertz CT molecular complexity index is 1600. The Morgan fingerprint density at radius 2 is 1.58 bits per heavy atom. The van der Waals surface area contributed by atoms with E-state index in [1.807, 2.05) is 46.2 Å². The maximum Gasteiger partial charge on any atom is 0.410 e. The Kier molecular flexibility index (Phi) is 15.7. The fraction of sp³-hybridized carbons (Fsp3) is 0.610. The third-order valence-electron chi connectivity index (χ3n) is 9.61. The molecule has 0 saturated carbocycles.